The molecule has 88 heavy (non-hydrogen) atoms. The summed E-state index contributed by atoms with van der Waals surface area (Å²) in [6, 6.07) is 118. The van der Waals surface area contributed by atoms with Gasteiger partial charge in [-0.25, -0.2) is 0 Å². The van der Waals surface area contributed by atoms with Gasteiger partial charge < -0.3 is 19.6 Å². The maximum Gasteiger partial charge on any atom is 0.100 e. The van der Waals surface area contributed by atoms with Crippen molar-refractivity contribution in [3.8, 4) is 56.6 Å². The van der Waals surface area contributed by atoms with Gasteiger partial charge in [-0.05, 0) is 193 Å². The van der Waals surface area contributed by atoms with Gasteiger partial charge in [-0.1, -0.05) is 182 Å². The SMILES string of the molecule is Cc1cc(-c2c(C#N)c(-c3ccc(N(c4ccccc4)c4ccccc4)cc3)c(-c3ccc(N(c4ccccc4)c4ccccc4)c(C)c3)c(C#N)c2-c2ccc(N(c3ccccc3)c3ccccc3)cc2)ccc1N(c1ccccc1)c1ccccc1. The molecule has 13 aromatic carbocycles. The Morgan fingerprint density at radius 2 is 0.409 bits per heavy atom. The molecule has 0 aliphatic rings. The van der Waals surface area contributed by atoms with Crippen molar-refractivity contribution in [2.24, 2.45) is 0 Å². The van der Waals surface area contributed by atoms with E-state index in [0.717, 1.165) is 102 Å². The zero-order valence-corrected chi connectivity index (χ0v) is 48.9. The largest absolute Gasteiger partial charge is 0.311 e. The van der Waals surface area contributed by atoms with E-state index in [1.807, 2.05) is 48.5 Å². The minimum Gasteiger partial charge on any atom is -0.311 e. The number of rotatable bonds is 16. The van der Waals surface area contributed by atoms with Crippen molar-refractivity contribution in [1.29, 1.82) is 10.5 Å². The summed E-state index contributed by atoms with van der Waals surface area (Å²) in [5, 5.41) is 24.6. The summed E-state index contributed by atoms with van der Waals surface area (Å²) in [5.74, 6) is 0. The predicted octanol–water partition coefficient (Wildman–Crippen LogP) is 22.6. The molecule has 0 aliphatic heterocycles. The molecular formula is C82H60N6. The summed E-state index contributed by atoms with van der Waals surface area (Å²) >= 11 is 0. The third kappa shape index (κ3) is 10.9. The van der Waals surface area contributed by atoms with Crippen molar-refractivity contribution in [3.63, 3.8) is 0 Å². The highest BCUT2D eigenvalue weighted by Crippen LogP contribution is 2.52. The molecule has 0 aliphatic carbocycles. The van der Waals surface area contributed by atoms with Gasteiger partial charge in [0.15, 0.2) is 0 Å². The zero-order chi connectivity index (χ0) is 59.8. The summed E-state index contributed by atoms with van der Waals surface area (Å²) in [5.41, 5.74) is 20.7. The van der Waals surface area contributed by atoms with Gasteiger partial charge in [0.25, 0.3) is 0 Å². The van der Waals surface area contributed by atoms with Crippen LogP contribution < -0.4 is 19.6 Å². The maximum absolute atomic E-state index is 12.3. The lowest BCUT2D eigenvalue weighted by Gasteiger charge is -2.29. The van der Waals surface area contributed by atoms with Crippen molar-refractivity contribution < 1.29 is 0 Å². The zero-order valence-electron chi connectivity index (χ0n) is 48.9. The predicted molar refractivity (Wildman–Crippen MR) is 366 cm³/mol. The van der Waals surface area contributed by atoms with Crippen molar-refractivity contribution in [2.75, 3.05) is 19.6 Å². The van der Waals surface area contributed by atoms with E-state index >= 15 is 0 Å². The van der Waals surface area contributed by atoms with Gasteiger partial charge in [0.05, 0.1) is 11.1 Å². The number of nitriles is 2. The summed E-state index contributed by atoms with van der Waals surface area (Å²) in [4.78, 5) is 9.00. The Kier molecular flexibility index (Phi) is 15.8. The molecule has 0 fully saturated rings. The third-order valence-corrected chi connectivity index (χ3v) is 16.1. The van der Waals surface area contributed by atoms with Crippen LogP contribution in [0, 0.1) is 36.5 Å². The standard InChI is InChI=1S/C82H60N6/c1-59-55-63(47-53-77(59)87(69-35-19-7-20-36-69)70-37-21-8-22-38-70)81-75(57-83)80(62-45-51-74(52-46-62)86(67-31-15-5-16-32-67)68-33-17-6-18-34-68)82(64-48-54-78(60(2)56-64)88(71-39-23-9-24-40-71)72-41-25-10-26-42-72)76(58-84)79(81)61-43-49-73(50-44-61)85(65-27-11-3-12-28-65)66-29-13-4-14-30-66/h3-56H,1-2H3. The number of hydrogen-bond donors (Lipinski definition) is 0. The molecule has 0 N–H and O–H groups in total. The molecule has 0 spiro atoms. The number of hydrogen-bond acceptors (Lipinski definition) is 6. The molecule has 6 nitrogen and oxygen atoms in total. The Morgan fingerprint density at radius 3 is 0.625 bits per heavy atom. The van der Waals surface area contributed by atoms with Crippen LogP contribution in [0.4, 0.5) is 68.2 Å². The highest BCUT2D eigenvalue weighted by atomic mass is 15.2. The number of para-hydroxylation sites is 8. The Hall–Kier alpha value is -12.0. The number of aryl methyl sites for hydroxylation is 2. The van der Waals surface area contributed by atoms with E-state index in [-0.39, 0.29) is 0 Å². The molecule has 0 atom stereocenters. The smallest absolute Gasteiger partial charge is 0.100 e. The van der Waals surface area contributed by atoms with Crippen molar-refractivity contribution in [2.45, 2.75) is 13.8 Å². The molecule has 418 valence electrons. The van der Waals surface area contributed by atoms with Crippen LogP contribution in [-0.4, -0.2) is 0 Å². The van der Waals surface area contributed by atoms with Gasteiger partial charge in [0.2, 0.25) is 0 Å². The minimum absolute atomic E-state index is 0.450. The third-order valence-electron chi connectivity index (χ3n) is 16.1. The van der Waals surface area contributed by atoms with Crippen LogP contribution in [0.15, 0.2) is 328 Å². The van der Waals surface area contributed by atoms with E-state index in [1.54, 1.807) is 0 Å². The first-order valence-electron chi connectivity index (χ1n) is 29.5. The van der Waals surface area contributed by atoms with E-state index in [2.05, 4.69) is 325 Å². The van der Waals surface area contributed by atoms with Gasteiger partial charge in [-0.2, -0.15) is 10.5 Å². The second-order valence-electron chi connectivity index (χ2n) is 21.6. The van der Waals surface area contributed by atoms with Crippen molar-refractivity contribution >= 4 is 68.2 Å². The monoisotopic (exact) mass is 1130 g/mol. The fourth-order valence-corrected chi connectivity index (χ4v) is 12.2. The van der Waals surface area contributed by atoms with Crippen LogP contribution in [0.1, 0.15) is 22.3 Å². The number of anilines is 12. The first-order valence-corrected chi connectivity index (χ1v) is 29.5. The highest BCUT2D eigenvalue weighted by Gasteiger charge is 2.30. The average molecular weight is 1130 g/mol. The molecule has 0 unspecified atom stereocenters. The van der Waals surface area contributed by atoms with Gasteiger partial charge in [-0.15, -0.1) is 0 Å². The molecular weight excluding hydrogens is 1070 g/mol. The highest BCUT2D eigenvalue weighted by molar-refractivity contribution is 6.05. The van der Waals surface area contributed by atoms with Crippen LogP contribution in [0.2, 0.25) is 0 Å². The van der Waals surface area contributed by atoms with Gasteiger partial charge >= 0.3 is 0 Å². The van der Waals surface area contributed by atoms with E-state index in [1.165, 1.54) is 0 Å². The molecule has 0 saturated carbocycles. The minimum atomic E-state index is 0.450. The Labute approximate surface area is 515 Å². The normalized spacial score (nSPS) is 10.8. The lowest BCUT2D eigenvalue weighted by molar-refractivity contribution is 1.25. The summed E-state index contributed by atoms with van der Waals surface area (Å²) < 4.78 is 0. The molecule has 0 heterocycles. The van der Waals surface area contributed by atoms with Crippen LogP contribution in [-0.2, 0) is 0 Å². The molecule has 0 radical (unpaired) electrons. The summed E-state index contributed by atoms with van der Waals surface area (Å²) in [6.45, 7) is 4.26. The Balaban J connectivity index is 1.08. The Bertz CT molecular complexity index is 4150. The fourth-order valence-electron chi connectivity index (χ4n) is 12.2. The molecule has 0 bridgehead atoms. The molecule has 0 aromatic heterocycles. The first-order chi connectivity index (χ1) is 43.4. The summed E-state index contributed by atoms with van der Waals surface area (Å²) in [7, 11) is 0. The van der Waals surface area contributed by atoms with Gasteiger partial charge in [0, 0.05) is 90.5 Å². The molecule has 6 heteroatoms. The molecule has 13 aromatic rings. The molecule has 0 saturated heterocycles. The van der Waals surface area contributed by atoms with E-state index in [9.17, 15) is 10.5 Å². The lowest BCUT2D eigenvalue weighted by atomic mass is 9.77. The average Bonchev–Trinajstić information content (AvgIpc) is 1.06. The van der Waals surface area contributed by atoms with E-state index < -0.39 is 0 Å². The van der Waals surface area contributed by atoms with Crippen molar-refractivity contribution in [3.05, 3.63) is 350 Å². The van der Waals surface area contributed by atoms with Crippen LogP contribution >= 0.6 is 0 Å². The van der Waals surface area contributed by atoms with Crippen LogP contribution in [0.3, 0.4) is 0 Å². The quantitative estimate of drug-likeness (QED) is 0.0961. The number of benzene rings is 13. The first kappa shape index (κ1) is 55.2. The molecule has 13 rings (SSSR count). The summed E-state index contributed by atoms with van der Waals surface area (Å²) in [6.07, 6.45) is 0. The second-order valence-corrected chi connectivity index (χ2v) is 21.6. The molecule has 0 amide bonds. The van der Waals surface area contributed by atoms with Gasteiger partial charge in [-0.3, -0.25) is 0 Å². The topological polar surface area (TPSA) is 60.5 Å². The maximum atomic E-state index is 12.3. The van der Waals surface area contributed by atoms with Crippen LogP contribution in [0.25, 0.3) is 44.5 Å². The van der Waals surface area contributed by atoms with E-state index in [4.69, 9.17) is 0 Å². The lowest BCUT2D eigenvalue weighted by Crippen LogP contribution is -2.11. The van der Waals surface area contributed by atoms with Crippen molar-refractivity contribution in [1.82, 2.24) is 0 Å². The second kappa shape index (κ2) is 25.1. The van der Waals surface area contributed by atoms with Gasteiger partial charge in [0.1, 0.15) is 12.1 Å². The fraction of sp³-hybridized carbons (Fsp3) is 0.0244. The van der Waals surface area contributed by atoms with E-state index in [0.29, 0.717) is 33.4 Å². The Morgan fingerprint density at radius 1 is 0.216 bits per heavy atom. The number of nitrogens with zero attached hydrogens (tertiary/aromatic N) is 6. The van der Waals surface area contributed by atoms with Crippen LogP contribution in [0.5, 0.6) is 0 Å².